The molecule has 0 aliphatic carbocycles. The first-order valence-electron chi connectivity index (χ1n) is 9.13. The molecule has 1 aliphatic rings. The van der Waals surface area contributed by atoms with Crippen LogP contribution in [0.4, 0.5) is 5.82 Å². The van der Waals surface area contributed by atoms with Crippen LogP contribution in [0, 0.1) is 13.8 Å². The SMILES string of the molecule is Cc1nc(-c2ccncc2)nc(NCc2nnc3n2CCCCC3)c1C. The monoisotopic (exact) mass is 349 g/mol. The van der Waals surface area contributed by atoms with E-state index in [9.17, 15) is 0 Å². The predicted octanol–water partition coefficient (Wildman–Crippen LogP) is 3.09. The molecule has 3 aromatic rings. The van der Waals surface area contributed by atoms with Crippen molar-refractivity contribution in [1.82, 2.24) is 29.7 Å². The summed E-state index contributed by atoms with van der Waals surface area (Å²) in [4.78, 5) is 13.4. The van der Waals surface area contributed by atoms with Crippen molar-refractivity contribution in [3.05, 3.63) is 47.4 Å². The highest BCUT2D eigenvalue weighted by Crippen LogP contribution is 2.22. The molecule has 3 aromatic heterocycles. The third-order valence-electron chi connectivity index (χ3n) is 4.93. The Morgan fingerprint density at radius 1 is 1.04 bits per heavy atom. The van der Waals surface area contributed by atoms with Gasteiger partial charge >= 0.3 is 0 Å². The average molecular weight is 349 g/mol. The molecule has 0 fully saturated rings. The van der Waals surface area contributed by atoms with Gasteiger partial charge in [0.25, 0.3) is 0 Å². The highest BCUT2D eigenvalue weighted by atomic mass is 15.3. The Labute approximate surface area is 152 Å². The molecular weight excluding hydrogens is 326 g/mol. The van der Waals surface area contributed by atoms with Gasteiger partial charge in [0.15, 0.2) is 11.6 Å². The smallest absolute Gasteiger partial charge is 0.161 e. The zero-order valence-electron chi connectivity index (χ0n) is 15.2. The summed E-state index contributed by atoms with van der Waals surface area (Å²) in [5, 5.41) is 12.2. The average Bonchev–Trinajstić information content (AvgIpc) is 2.90. The molecule has 0 amide bonds. The predicted molar refractivity (Wildman–Crippen MR) is 99.6 cm³/mol. The summed E-state index contributed by atoms with van der Waals surface area (Å²) in [6.07, 6.45) is 8.18. The first-order valence-corrected chi connectivity index (χ1v) is 9.13. The van der Waals surface area contributed by atoms with E-state index in [2.05, 4.69) is 30.0 Å². The van der Waals surface area contributed by atoms with Crippen molar-refractivity contribution in [2.24, 2.45) is 0 Å². The minimum Gasteiger partial charge on any atom is -0.362 e. The number of fused-ring (bicyclic) bond motifs is 1. The summed E-state index contributed by atoms with van der Waals surface area (Å²) >= 11 is 0. The van der Waals surface area contributed by atoms with Crippen LogP contribution in [0.25, 0.3) is 11.4 Å². The Balaban J connectivity index is 1.59. The van der Waals surface area contributed by atoms with Crippen LogP contribution in [0.15, 0.2) is 24.5 Å². The Hall–Kier alpha value is -2.83. The third kappa shape index (κ3) is 3.29. The summed E-state index contributed by atoms with van der Waals surface area (Å²) in [5.74, 6) is 3.63. The van der Waals surface area contributed by atoms with Crippen LogP contribution in [-0.2, 0) is 19.5 Å². The lowest BCUT2D eigenvalue weighted by atomic mass is 10.2. The lowest BCUT2D eigenvalue weighted by Gasteiger charge is -2.13. The van der Waals surface area contributed by atoms with Crippen LogP contribution in [-0.4, -0.2) is 29.7 Å². The van der Waals surface area contributed by atoms with Gasteiger partial charge in [0.1, 0.15) is 11.6 Å². The van der Waals surface area contributed by atoms with E-state index in [1.165, 1.54) is 19.3 Å². The Kier molecular flexibility index (Phi) is 4.60. The number of hydrogen-bond donors (Lipinski definition) is 1. The van der Waals surface area contributed by atoms with Crippen molar-refractivity contribution in [3.63, 3.8) is 0 Å². The molecule has 0 bridgehead atoms. The van der Waals surface area contributed by atoms with E-state index < -0.39 is 0 Å². The topological polar surface area (TPSA) is 81.4 Å². The molecule has 4 heterocycles. The van der Waals surface area contributed by atoms with E-state index in [1.54, 1.807) is 12.4 Å². The minimum absolute atomic E-state index is 0.611. The van der Waals surface area contributed by atoms with Gasteiger partial charge in [-0.15, -0.1) is 10.2 Å². The first kappa shape index (κ1) is 16.6. The fourth-order valence-electron chi connectivity index (χ4n) is 3.27. The number of nitrogens with one attached hydrogen (secondary N) is 1. The summed E-state index contributed by atoms with van der Waals surface area (Å²) in [6, 6.07) is 3.85. The highest BCUT2D eigenvalue weighted by Gasteiger charge is 2.15. The molecule has 0 unspecified atom stereocenters. The van der Waals surface area contributed by atoms with E-state index in [-0.39, 0.29) is 0 Å². The van der Waals surface area contributed by atoms with E-state index in [0.717, 1.165) is 47.3 Å². The number of pyridine rings is 1. The van der Waals surface area contributed by atoms with Crippen LogP contribution >= 0.6 is 0 Å². The highest BCUT2D eigenvalue weighted by molar-refractivity contribution is 5.59. The molecule has 0 saturated carbocycles. The second-order valence-electron chi connectivity index (χ2n) is 6.69. The maximum Gasteiger partial charge on any atom is 0.161 e. The number of nitrogens with zero attached hydrogens (tertiary/aromatic N) is 6. The van der Waals surface area contributed by atoms with Gasteiger partial charge in [0, 0.05) is 42.2 Å². The summed E-state index contributed by atoms with van der Waals surface area (Å²) in [5.41, 5.74) is 2.98. The van der Waals surface area contributed by atoms with Gasteiger partial charge in [0.05, 0.1) is 6.54 Å². The molecule has 7 heteroatoms. The maximum atomic E-state index is 4.73. The van der Waals surface area contributed by atoms with Crippen molar-refractivity contribution in [3.8, 4) is 11.4 Å². The van der Waals surface area contributed by atoms with Crippen molar-refractivity contribution in [2.45, 2.75) is 52.6 Å². The van der Waals surface area contributed by atoms with Crippen LogP contribution in [0.1, 0.15) is 42.2 Å². The van der Waals surface area contributed by atoms with Crippen molar-refractivity contribution in [2.75, 3.05) is 5.32 Å². The van der Waals surface area contributed by atoms with E-state index >= 15 is 0 Å². The summed E-state index contributed by atoms with van der Waals surface area (Å²) in [7, 11) is 0. The van der Waals surface area contributed by atoms with E-state index in [1.807, 2.05) is 26.0 Å². The largest absolute Gasteiger partial charge is 0.362 e. The van der Waals surface area contributed by atoms with E-state index in [0.29, 0.717) is 12.4 Å². The number of aromatic nitrogens is 6. The van der Waals surface area contributed by atoms with Crippen LogP contribution < -0.4 is 5.32 Å². The third-order valence-corrected chi connectivity index (χ3v) is 4.93. The van der Waals surface area contributed by atoms with E-state index in [4.69, 9.17) is 4.98 Å². The summed E-state index contributed by atoms with van der Waals surface area (Å²) < 4.78 is 2.26. The van der Waals surface area contributed by atoms with Crippen molar-refractivity contribution >= 4 is 5.82 Å². The standard InChI is InChI=1S/C19H23N7/c1-13-14(2)22-19(15-7-9-20-10-8-15)23-18(13)21-12-17-25-24-16-6-4-3-5-11-26(16)17/h7-10H,3-6,11-12H2,1-2H3,(H,21,22,23). The molecule has 0 radical (unpaired) electrons. The summed E-state index contributed by atoms with van der Waals surface area (Å²) in [6.45, 7) is 5.66. The zero-order chi connectivity index (χ0) is 17.9. The molecule has 0 aromatic carbocycles. The molecule has 134 valence electrons. The molecule has 4 rings (SSSR count). The van der Waals surface area contributed by atoms with Gasteiger partial charge in [-0.1, -0.05) is 6.42 Å². The molecule has 0 saturated heterocycles. The van der Waals surface area contributed by atoms with Gasteiger partial charge in [-0.2, -0.15) is 0 Å². The normalized spacial score (nSPS) is 13.9. The molecule has 26 heavy (non-hydrogen) atoms. The lowest BCUT2D eigenvalue weighted by Crippen LogP contribution is -2.12. The van der Waals surface area contributed by atoms with Crippen LogP contribution in [0.5, 0.6) is 0 Å². The van der Waals surface area contributed by atoms with Gasteiger partial charge in [-0.3, -0.25) is 4.98 Å². The van der Waals surface area contributed by atoms with Gasteiger partial charge < -0.3 is 9.88 Å². The molecule has 7 nitrogen and oxygen atoms in total. The molecule has 1 N–H and O–H groups in total. The molecular formula is C19H23N7. The second kappa shape index (κ2) is 7.19. The number of hydrogen-bond acceptors (Lipinski definition) is 6. The molecule has 1 aliphatic heterocycles. The molecule has 0 atom stereocenters. The fraction of sp³-hybridized carbons (Fsp3) is 0.421. The quantitative estimate of drug-likeness (QED) is 0.779. The Bertz CT molecular complexity index is 902. The van der Waals surface area contributed by atoms with Crippen LogP contribution in [0.2, 0.25) is 0 Å². The zero-order valence-corrected chi connectivity index (χ0v) is 15.2. The Morgan fingerprint density at radius 3 is 2.73 bits per heavy atom. The lowest BCUT2D eigenvalue weighted by molar-refractivity contribution is 0.609. The van der Waals surface area contributed by atoms with Gasteiger partial charge in [-0.25, -0.2) is 9.97 Å². The fourth-order valence-corrected chi connectivity index (χ4v) is 3.27. The first-order chi connectivity index (χ1) is 12.7. The number of aryl methyl sites for hydroxylation is 2. The number of anilines is 1. The number of rotatable bonds is 4. The van der Waals surface area contributed by atoms with Gasteiger partial charge in [-0.05, 0) is 38.8 Å². The molecule has 0 spiro atoms. The van der Waals surface area contributed by atoms with Crippen molar-refractivity contribution < 1.29 is 0 Å². The minimum atomic E-state index is 0.611. The van der Waals surface area contributed by atoms with Gasteiger partial charge in [0.2, 0.25) is 0 Å². The maximum absolute atomic E-state index is 4.73. The second-order valence-corrected chi connectivity index (χ2v) is 6.69. The van der Waals surface area contributed by atoms with Crippen molar-refractivity contribution in [1.29, 1.82) is 0 Å². The van der Waals surface area contributed by atoms with Crippen LogP contribution in [0.3, 0.4) is 0 Å². The Morgan fingerprint density at radius 2 is 1.88 bits per heavy atom.